The Kier molecular flexibility index (Phi) is 7.02. The first-order valence-corrected chi connectivity index (χ1v) is 7.00. The van der Waals surface area contributed by atoms with Crippen LogP contribution in [0.1, 0.15) is 12.0 Å². The Morgan fingerprint density at radius 1 is 1.17 bits per heavy atom. The number of nitrogens with two attached hydrogens (primary N) is 1. The minimum absolute atomic E-state index is 0.0549. The van der Waals surface area contributed by atoms with Crippen molar-refractivity contribution in [3.8, 4) is 17.2 Å². The fourth-order valence-corrected chi connectivity index (χ4v) is 1.93. The van der Waals surface area contributed by atoms with Gasteiger partial charge in [-0.1, -0.05) is 0 Å². The highest BCUT2D eigenvalue weighted by atomic mass is 19.3. The molecule has 0 aliphatic heterocycles. The highest BCUT2D eigenvalue weighted by molar-refractivity contribution is 5.76. The molecular weight excluding hydrogens is 310 g/mol. The monoisotopic (exact) mass is 332 g/mol. The van der Waals surface area contributed by atoms with Crippen LogP contribution in [0.2, 0.25) is 0 Å². The van der Waals surface area contributed by atoms with Crippen molar-refractivity contribution in [2.45, 2.75) is 18.8 Å². The third kappa shape index (κ3) is 5.55. The first-order chi connectivity index (χ1) is 10.9. The van der Waals surface area contributed by atoms with Gasteiger partial charge in [-0.25, -0.2) is 8.78 Å². The molecule has 0 spiro atoms. The lowest BCUT2D eigenvalue weighted by Crippen LogP contribution is -2.41. The lowest BCUT2D eigenvalue weighted by Gasteiger charge is -2.15. The molecule has 23 heavy (non-hydrogen) atoms. The van der Waals surface area contributed by atoms with Crippen molar-refractivity contribution >= 4 is 5.91 Å². The highest BCUT2D eigenvalue weighted by Crippen LogP contribution is 2.38. The van der Waals surface area contributed by atoms with Crippen LogP contribution >= 0.6 is 0 Å². The maximum absolute atomic E-state index is 13.0. The van der Waals surface area contributed by atoms with Gasteiger partial charge in [0, 0.05) is 6.42 Å². The zero-order valence-electron chi connectivity index (χ0n) is 13.4. The van der Waals surface area contributed by atoms with Gasteiger partial charge < -0.3 is 25.3 Å². The molecule has 0 bridgehead atoms. The molecule has 0 fully saturated rings. The third-order valence-electron chi connectivity index (χ3n) is 3.21. The summed E-state index contributed by atoms with van der Waals surface area (Å²) in [6.45, 7) is -1.57. The second-order valence-corrected chi connectivity index (χ2v) is 4.87. The van der Waals surface area contributed by atoms with Crippen LogP contribution in [0.5, 0.6) is 17.2 Å². The quantitative estimate of drug-likeness (QED) is 0.713. The largest absolute Gasteiger partial charge is 0.493 e. The van der Waals surface area contributed by atoms with E-state index in [-0.39, 0.29) is 6.42 Å². The molecule has 0 aromatic heterocycles. The molecule has 0 heterocycles. The smallest absolute Gasteiger partial charge is 0.277 e. The second kappa shape index (κ2) is 8.52. The maximum atomic E-state index is 13.0. The summed E-state index contributed by atoms with van der Waals surface area (Å²) in [5.41, 5.74) is 5.67. The standard InChI is InChI=1S/C15H22F2N2O4/c1-21-11-6-10(7-12(22-2)14(11)23-3)4-5-13(20)19-9-15(16,17)8-18/h6-7H,4-5,8-9,18H2,1-3H3,(H,19,20). The lowest BCUT2D eigenvalue weighted by atomic mass is 10.1. The van der Waals surface area contributed by atoms with E-state index in [0.717, 1.165) is 5.56 Å². The van der Waals surface area contributed by atoms with Crippen molar-refractivity contribution in [2.24, 2.45) is 5.73 Å². The van der Waals surface area contributed by atoms with Crippen LogP contribution in [-0.4, -0.2) is 46.2 Å². The molecule has 1 aromatic rings. The van der Waals surface area contributed by atoms with E-state index < -0.39 is 24.9 Å². The Labute approximate surface area is 133 Å². The summed E-state index contributed by atoms with van der Waals surface area (Å²) in [5.74, 6) is -2.19. The van der Waals surface area contributed by atoms with Crippen molar-refractivity contribution in [3.63, 3.8) is 0 Å². The van der Waals surface area contributed by atoms with Gasteiger partial charge in [0.25, 0.3) is 5.92 Å². The van der Waals surface area contributed by atoms with Crippen molar-refractivity contribution in [2.75, 3.05) is 34.4 Å². The van der Waals surface area contributed by atoms with Crippen LogP contribution in [-0.2, 0) is 11.2 Å². The summed E-state index contributed by atoms with van der Waals surface area (Å²) in [5, 5.41) is 2.17. The molecule has 1 rings (SSSR count). The van der Waals surface area contributed by atoms with E-state index in [1.807, 2.05) is 0 Å². The fourth-order valence-electron chi connectivity index (χ4n) is 1.93. The molecule has 6 nitrogen and oxygen atoms in total. The molecule has 0 atom stereocenters. The summed E-state index contributed by atoms with van der Waals surface area (Å²) in [4.78, 5) is 11.6. The summed E-state index contributed by atoms with van der Waals surface area (Å²) in [7, 11) is 4.47. The summed E-state index contributed by atoms with van der Waals surface area (Å²) < 4.78 is 41.6. The molecular formula is C15H22F2N2O4. The fraction of sp³-hybridized carbons (Fsp3) is 0.533. The average Bonchev–Trinajstić information content (AvgIpc) is 2.56. The van der Waals surface area contributed by atoms with E-state index in [9.17, 15) is 13.6 Å². The van der Waals surface area contributed by atoms with Gasteiger partial charge in [0.15, 0.2) is 11.5 Å². The molecule has 0 aliphatic rings. The average molecular weight is 332 g/mol. The van der Waals surface area contributed by atoms with E-state index in [1.165, 1.54) is 21.3 Å². The van der Waals surface area contributed by atoms with Gasteiger partial charge in [0.1, 0.15) is 0 Å². The Morgan fingerprint density at radius 3 is 2.17 bits per heavy atom. The molecule has 1 aromatic carbocycles. The van der Waals surface area contributed by atoms with E-state index in [1.54, 1.807) is 12.1 Å². The zero-order chi connectivity index (χ0) is 17.5. The predicted molar refractivity (Wildman–Crippen MR) is 81.4 cm³/mol. The Morgan fingerprint density at radius 2 is 1.74 bits per heavy atom. The Balaban J connectivity index is 2.69. The number of rotatable bonds is 9. The van der Waals surface area contributed by atoms with Gasteiger partial charge in [0.2, 0.25) is 11.7 Å². The van der Waals surface area contributed by atoms with Gasteiger partial charge in [-0.05, 0) is 24.1 Å². The molecule has 130 valence electrons. The van der Waals surface area contributed by atoms with Crippen LogP contribution in [0, 0.1) is 0 Å². The molecule has 0 aliphatic carbocycles. The minimum atomic E-state index is -3.10. The maximum Gasteiger partial charge on any atom is 0.277 e. The van der Waals surface area contributed by atoms with Gasteiger partial charge >= 0.3 is 0 Å². The minimum Gasteiger partial charge on any atom is -0.493 e. The number of benzene rings is 1. The molecule has 0 unspecified atom stereocenters. The first kappa shape index (κ1) is 19.0. The van der Waals surface area contributed by atoms with Crippen molar-refractivity contribution in [1.82, 2.24) is 5.32 Å². The Hall–Kier alpha value is -2.09. The van der Waals surface area contributed by atoms with Crippen LogP contribution in [0.4, 0.5) is 8.78 Å². The van der Waals surface area contributed by atoms with Crippen LogP contribution in [0.15, 0.2) is 12.1 Å². The number of alkyl halides is 2. The normalized spacial score (nSPS) is 11.0. The van der Waals surface area contributed by atoms with Gasteiger partial charge in [-0.3, -0.25) is 4.79 Å². The van der Waals surface area contributed by atoms with Crippen LogP contribution in [0.3, 0.4) is 0 Å². The number of carbonyl (C=O) groups excluding carboxylic acids is 1. The second-order valence-electron chi connectivity index (χ2n) is 4.87. The molecule has 0 saturated heterocycles. The summed E-state index contributed by atoms with van der Waals surface area (Å²) >= 11 is 0. The number of carbonyl (C=O) groups is 1. The van der Waals surface area contributed by atoms with Gasteiger partial charge in [-0.2, -0.15) is 0 Å². The number of halogens is 2. The van der Waals surface area contributed by atoms with Crippen LogP contribution < -0.4 is 25.3 Å². The number of amides is 1. The van der Waals surface area contributed by atoms with Crippen LogP contribution in [0.25, 0.3) is 0 Å². The van der Waals surface area contributed by atoms with E-state index >= 15 is 0 Å². The molecule has 8 heteroatoms. The topological polar surface area (TPSA) is 82.8 Å². The number of hydrogen-bond donors (Lipinski definition) is 2. The lowest BCUT2D eigenvalue weighted by molar-refractivity contribution is -0.122. The van der Waals surface area contributed by atoms with Gasteiger partial charge in [-0.15, -0.1) is 0 Å². The SMILES string of the molecule is COc1cc(CCC(=O)NCC(F)(F)CN)cc(OC)c1OC. The van der Waals surface area contributed by atoms with Crippen molar-refractivity contribution in [3.05, 3.63) is 17.7 Å². The highest BCUT2D eigenvalue weighted by Gasteiger charge is 2.27. The number of methoxy groups -OCH3 is 3. The first-order valence-electron chi connectivity index (χ1n) is 7.00. The number of nitrogens with one attached hydrogen (secondary N) is 1. The Bertz CT molecular complexity index is 513. The number of aryl methyl sites for hydroxylation is 1. The molecule has 1 amide bonds. The molecule has 3 N–H and O–H groups in total. The summed E-state index contributed by atoms with van der Waals surface area (Å²) in [6, 6.07) is 3.42. The van der Waals surface area contributed by atoms with E-state index in [0.29, 0.717) is 23.7 Å². The zero-order valence-corrected chi connectivity index (χ0v) is 13.4. The third-order valence-corrected chi connectivity index (χ3v) is 3.21. The molecule has 0 radical (unpaired) electrons. The molecule has 0 saturated carbocycles. The van der Waals surface area contributed by atoms with Gasteiger partial charge in [0.05, 0.1) is 34.4 Å². The predicted octanol–water partition coefficient (Wildman–Crippen LogP) is 1.36. The van der Waals surface area contributed by atoms with Crippen molar-refractivity contribution < 1.29 is 27.8 Å². The van der Waals surface area contributed by atoms with E-state index in [4.69, 9.17) is 19.9 Å². The number of ether oxygens (including phenoxy) is 3. The number of hydrogen-bond acceptors (Lipinski definition) is 5. The van der Waals surface area contributed by atoms with Crippen molar-refractivity contribution in [1.29, 1.82) is 0 Å². The van der Waals surface area contributed by atoms with E-state index in [2.05, 4.69) is 5.32 Å². The summed E-state index contributed by atoms with van der Waals surface area (Å²) in [6.07, 6.45) is 0.399.